The number of carbonyl (C=O) groups excluding carboxylic acids is 2. The second kappa shape index (κ2) is 9.51. The molecule has 0 aromatic heterocycles. The fraction of sp³-hybridized carbons (Fsp3) is 0.440. The minimum absolute atomic E-state index is 0.0206. The number of nitrogens with zero attached hydrogens (tertiary/aromatic N) is 1. The lowest BCUT2D eigenvalue weighted by Gasteiger charge is -2.21. The third-order valence-corrected chi connectivity index (χ3v) is 6.36. The van der Waals surface area contributed by atoms with Gasteiger partial charge in [-0.1, -0.05) is 18.2 Å². The van der Waals surface area contributed by atoms with Crippen molar-refractivity contribution in [3.63, 3.8) is 0 Å². The van der Waals surface area contributed by atoms with Crippen LogP contribution in [-0.2, 0) is 4.79 Å². The van der Waals surface area contributed by atoms with E-state index in [9.17, 15) is 9.59 Å². The molecule has 1 heterocycles. The Bertz CT molecular complexity index is 988. The standard InChI is InChI=1S/C25H30N2O5/c1-30-18-7-4-6-17(12-18)25(29)27-14-20(19-8-5-9-22(31-2)23(19)32-3)21(15-27)24(28)26-13-16-10-11-16/h4-9,12,16,20-21H,10-11,13-15H2,1-3H3,(H,26,28)/t20-,21-/m0/s1. The van der Waals surface area contributed by atoms with Gasteiger partial charge in [-0.3, -0.25) is 9.59 Å². The van der Waals surface area contributed by atoms with Gasteiger partial charge in [0, 0.05) is 36.7 Å². The van der Waals surface area contributed by atoms with Crippen molar-refractivity contribution in [3.05, 3.63) is 53.6 Å². The molecule has 1 N–H and O–H groups in total. The maximum absolute atomic E-state index is 13.3. The molecule has 32 heavy (non-hydrogen) atoms. The van der Waals surface area contributed by atoms with Crippen molar-refractivity contribution in [3.8, 4) is 17.2 Å². The highest BCUT2D eigenvalue weighted by Gasteiger charge is 2.42. The van der Waals surface area contributed by atoms with Gasteiger partial charge < -0.3 is 24.4 Å². The molecule has 1 saturated carbocycles. The van der Waals surface area contributed by atoms with E-state index < -0.39 is 0 Å². The number of para-hydroxylation sites is 1. The van der Waals surface area contributed by atoms with Crippen LogP contribution in [0.25, 0.3) is 0 Å². The van der Waals surface area contributed by atoms with Crippen LogP contribution in [0.4, 0.5) is 0 Å². The SMILES string of the molecule is COc1cccc(C(=O)N2C[C@H](C(=O)NCC3CC3)[C@H](c3cccc(OC)c3OC)C2)c1. The number of methoxy groups -OCH3 is 3. The van der Waals surface area contributed by atoms with Crippen LogP contribution in [-0.4, -0.2) is 57.7 Å². The molecule has 7 heteroatoms. The molecule has 2 fully saturated rings. The smallest absolute Gasteiger partial charge is 0.254 e. The Hall–Kier alpha value is -3.22. The predicted molar refractivity (Wildman–Crippen MR) is 120 cm³/mol. The van der Waals surface area contributed by atoms with Crippen LogP contribution in [0, 0.1) is 11.8 Å². The molecule has 0 unspecified atom stereocenters. The molecule has 0 bridgehead atoms. The average molecular weight is 439 g/mol. The van der Waals surface area contributed by atoms with Crippen molar-refractivity contribution in [2.24, 2.45) is 11.8 Å². The summed E-state index contributed by atoms with van der Waals surface area (Å²) in [5.41, 5.74) is 1.42. The van der Waals surface area contributed by atoms with Crippen LogP contribution in [0.15, 0.2) is 42.5 Å². The van der Waals surface area contributed by atoms with Crippen LogP contribution in [0.5, 0.6) is 17.2 Å². The van der Waals surface area contributed by atoms with E-state index in [1.165, 1.54) is 12.8 Å². The highest BCUT2D eigenvalue weighted by Crippen LogP contribution is 2.42. The summed E-state index contributed by atoms with van der Waals surface area (Å²) in [5.74, 6) is 1.72. The van der Waals surface area contributed by atoms with Crippen LogP contribution >= 0.6 is 0 Å². The summed E-state index contributed by atoms with van der Waals surface area (Å²) < 4.78 is 16.4. The topological polar surface area (TPSA) is 77.1 Å². The number of nitrogens with one attached hydrogen (secondary N) is 1. The second-order valence-corrected chi connectivity index (χ2v) is 8.43. The molecule has 2 amide bonds. The summed E-state index contributed by atoms with van der Waals surface area (Å²) in [5, 5.41) is 3.10. The molecule has 7 nitrogen and oxygen atoms in total. The molecule has 2 aromatic carbocycles. The van der Waals surface area contributed by atoms with Gasteiger partial charge in [-0.15, -0.1) is 0 Å². The van der Waals surface area contributed by atoms with Crippen LogP contribution in [0.3, 0.4) is 0 Å². The summed E-state index contributed by atoms with van der Waals surface area (Å²) in [6.07, 6.45) is 2.33. The van der Waals surface area contributed by atoms with E-state index in [-0.39, 0.29) is 23.7 Å². The van der Waals surface area contributed by atoms with Gasteiger partial charge >= 0.3 is 0 Å². The largest absolute Gasteiger partial charge is 0.497 e. The molecule has 2 aliphatic rings. The van der Waals surface area contributed by atoms with Gasteiger partial charge in [0.2, 0.25) is 5.91 Å². The van der Waals surface area contributed by atoms with Gasteiger partial charge in [0.25, 0.3) is 5.91 Å². The van der Waals surface area contributed by atoms with Crippen molar-refractivity contribution >= 4 is 11.8 Å². The first-order chi connectivity index (χ1) is 15.5. The van der Waals surface area contributed by atoms with E-state index >= 15 is 0 Å². The fourth-order valence-electron chi connectivity index (χ4n) is 4.39. The molecule has 1 aliphatic heterocycles. The molecule has 4 rings (SSSR count). The average Bonchev–Trinajstić information content (AvgIpc) is 3.57. The summed E-state index contributed by atoms with van der Waals surface area (Å²) in [6, 6.07) is 12.8. The molecule has 1 aliphatic carbocycles. The van der Waals surface area contributed by atoms with E-state index in [1.807, 2.05) is 18.2 Å². The normalized spacial score (nSPS) is 20.0. The zero-order valence-electron chi connectivity index (χ0n) is 18.8. The summed E-state index contributed by atoms with van der Waals surface area (Å²) in [7, 11) is 4.76. The third-order valence-electron chi connectivity index (χ3n) is 6.36. The maximum atomic E-state index is 13.3. The Labute approximate surface area is 188 Å². The first-order valence-electron chi connectivity index (χ1n) is 11.0. The minimum Gasteiger partial charge on any atom is -0.497 e. The number of amides is 2. The summed E-state index contributed by atoms with van der Waals surface area (Å²) in [4.78, 5) is 28.2. The Morgan fingerprint density at radius 3 is 2.47 bits per heavy atom. The number of rotatable bonds is 8. The van der Waals surface area contributed by atoms with Crippen molar-refractivity contribution in [1.29, 1.82) is 0 Å². The number of likely N-dealkylation sites (tertiary alicyclic amines) is 1. The van der Waals surface area contributed by atoms with Crippen LogP contribution in [0.1, 0.15) is 34.7 Å². The summed E-state index contributed by atoms with van der Waals surface area (Å²) in [6.45, 7) is 1.46. The van der Waals surface area contributed by atoms with Crippen LogP contribution in [0.2, 0.25) is 0 Å². The monoisotopic (exact) mass is 438 g/mol. The quantitative estimate of drug-likeness (QED) is 0.685. The Morgan fingerprint density at radius 1 is 1.00 bits per heavy atom. The zero-order valence-corrected chi connectivity index (χ0v) is 18.8. The highest BCUT2D eigenvalue weighted by atomic mass is 16.5. The van der Waals surface area contributed by atoms with E-state index in [0.29, 0.717) is 48.4 Å². The first-order valence-corrected chi connectivity index (χ1v) is 11.0. The molecule has 0 radical (unpaired) electrons. The number of benzene rings is 2. The van der Waals surface area contributed by atoms with E-state index in [2.05, 4.69) is 5.32 Å². The number of carbonyl (C=O) groups is 2. The number of ether oxygens (including phenoxy) is 3. The number of hydrogen-bond donors (Lipinski definition) is 1. The van der Waals surface area contributed by atoms with Gasteiger partial charge in [0.1, 0.15) is 5.75 Å². The minimum atomic E-state index is -0.371. The third kappa shape index (κ3) is 4.52. The molecule has 0 spiro atoms. The van der Waals surface area contributed by atoms with Gasteiger partial charge in [0.15, 0.2) is 11.5 Å². The lowest BCUT2D eigenvalue weighted by Crippen LogP contribution is -2.36. The molecule has 1 saturated heterocycles. The number of hydrogen-bond acceptors (Lipinski definition) is 5. The van der Waals surface area contributed by atoms with E-state index in [0.717, 1.165) is 5.56 Å². The molecule has 2 aromatic rings. The summed E-state index contributed by atoms with van der Waals surface area (Å²) >= 11 is 0. The lowest BCUT2D eigenvalue weighted by molar-refractivity contribution is -0.125. The lowest BCUT2D eigenvalue weighted by atomic mass is 9.87. The van der Waals surface area contributed by atoms with Gasteiger partial charge in [-0.25, -0.2) is 0 Å². The van der Waals surface area contributed by atoms with Crippen LogP contribution < -0.4 is 19.5 Å². The van der Waals surface area contributed by atoms with Crippen molar-refractivity contribution < 1.29 is 23.8 Å². The van der Waals surface area contributed by atoms with Crippen molar-refractivity contribution in [2.45, 2.75) is 18.8 Å². The van der Waals surface area contributed by atoms with Gasteiger partial charge in [-0.2, -0.15) is 0 Å². The molecule has 170 valence electrons. The van der Waals surface area contributed by atoms with Crippen molar-refractivity contribution in [1.82, 2.24) is 10.2 Å². The van der Waals surface area contributed by atoms with Crippen molar-refractivity contribution in [2.75, 3.05) is 41.0 Å². The predicted octanol–water partition coefficient (Wildman–Crippen LogP) is 3.09. The van der Waals surface area contributed by atoms with E-state index in [1.54, 1.807) is 50.5 Å². The second-order valence-electron chi connectivity index (χ2n) is 8.43. The zero-order chi connectivity index (χ0) is 22.7. The molecule has 2 atom stereocenters. The van der Waals surface area contributed by atoms with E-state index in [4.69, 9.17) is 14.2 Å². The molecular formula is C25H30N2O5. The Kier molecular flexibility index (Phi) is 6.53. The van der Waals surface area contributed by atoms with Gasteiger partial charge in [-0.05, 0) is 43.0 Å². The van der Waals surface area contributed by atoms with Gasteiger partial charge in [0.05, 0.1) is 27.2 Å². The Balaban J connectivity index is 1.63. The highest BCUT2D eigenvalue weighted by molar-refractivity contribution is 5.95. The Morgan fingerprint density at radius 2 is 1.78 bits per heavy atom. The fourth-order valence-corrected chi connectivity index (χ4v) is 4.39. The molecular weight excluding hydrogens is 408 g/mol. The maximum Gasteiger partial charge on any atom is 0.254 e. The first kappa shape index (κ1) is 22.0.